The average molecular weight is 439 g/mol. The zero-order chi connectivity index (χ0) is 23.4. The highest BCUT2D eigenvalue weighted by Crippen LogP contribution is 2.29. The van der Waals surface area contributed by atoms with E-state index in [-0.39, 0.29) is 16.8 Å². The van der Waals surface area contributed by atoms with E-state index in [1.165, 1.54) is 23.7 Å². The third-order valence-corrected chi connectivity index (χ3v) is 5.06. The minimum Gasteiger partial charge on any atom is -0.505 e. The number of nitrogens with zero attached hydrogens (tertiary/aromatic N) is 1. The van der Waals surface area contributed by atoms with E-state index in [1.807, 2.05) is 0 Å². The number of aromatic nitrogens is 1. The Morgan fingerprint density at radius 3 is 2.47 bits per heavy atom. The van der Waals surface area contributed by atoms with Gasteiger partial charge in [-0.05, 0) is 12.5 Å². The van der Waals surface area contributed by atoms with Crippen molar-refractivity contribution in [3.8, 4) is 16.9 Å². The van der Waals surface area contributed by atoms with E-state index < -0.39 is 41.6 Å². The SMILES string of the molecule is Cc1cc(O)c(NC(=O)N[C@@H](CC(=O)O)c2cccc(-c3ccccc3)c2F)c(=O)n1C. The zero-order valence-corrected chi connectivity index (χ0v) is 17.4. The molecule has 2 aromatic carbocycles. The number of anilines is 1. The van der Waals surface area contributed by atoms with Gasteiger partial charge >= 0.3 is 12.0 Å². The molecule has 32 heavy (non-hydrogen) atoms. The van der Waals surface area contributed by atoms with Gasteiger partial charge in [-0.25, -0.2) is 9.18 Å². The standard InChI is InChI=1S/C23H22FN3O5/c1-13-11-18(28)21(22(31)27(13)2)26-23(32)25-17(12-19(29)30)16-10-6-9-15(20(16)24)14-7-4-3-5-8-14/h3-11,17,28H,12H2,1-2H3,(H,29,30)(H2,25,26,32)/t17-/m0/s1. The van der Waals surface area contributed by atoms with Gasteiger partial charge in [0.15, 0.2) is 5.69 Å². The number of rotatable bonds is 6. The van der Waals surface area contributed by atoms with Crippen molar-refractivity contribution < 1.29 is 24.2 Å². The highest BCUT2D eigenvalue weighted by atomic mass is 19.1. The molecule has 1 heterocycles. The normalized spacial score (nSPS) is 11.6. The molecule has 0 unspecified atom stereocenters. The van der Waals surface area contributed by atoms with Crippen LogP contribution in [0.2, 0.25) is 0 Å². The lowest BCUT2D eigenvalue weighted by Gasteiger charge is -2.20. The summed E-state index contributed by atoms with van der Waals surface area (Å²) < 4.78 is 16.5. The number of pyridine rings is 1. The molecule has 3 aromatic rings. The number of carbonyl (C=O) groups excluding carboxylic acids is 1. The Hall–Kier alpha value is -4.14. The van der Waals surface area contributed by atoms with Crippen LogP contribution in [0.5, 0.6) is 5.75 Å². The molecule has 0 saturated carbocycles. The molecule has 8 nitrogen and oxygen atoms in total. The van der Waals surface area contributed by atoms with Crippen molar-refractivity contribution in [3.63, 3.8) is 0 Å². The Balaban J connectivity index is 1.92. The molecule has 3 rings (SSSR count). The first-order valence-electron chi connectivity index (χ1n) is 9.71. The summed E-state index contributed by atoms with van der Waals surface area (Å²) in [5, 5.41) is 24.0. The van der Waals surface area contributed by atoms with Crippen molar-refractivity contribution in [2.75, 3.05) is 5.32 Å². The molecule has 1 atom stereocenters. The predicted molar refractivity (Wildman–Crippen MR) is 117 cm³/mol. The van der Waals surface area contributed by atoms with Crippen molar-refractivity contribution in [1.29, 1.82) is 0 Å². The van der Waals surface area contributed by atoms with Crippen LogP contribution in [0.3, 0.4) is 0 Å². The molecule has 0 bridgehead atoms. The van der Waals surface area contributed by atoms with Gasteiger partial charge in [-0.1, -0.05) is 48.5 Å². The van der Waals surface area contributed by atoms with Crippen molar-refractivity contribution >= 4 is 17.7 Å². The molecular weight excluding hydrogens is 417 g/mol. The number of aromatic hydroxyl groups is 1. The molecule has 0 aliphatic heterocycles. The Morgan fingerprint density at radius 1 is 1.12 bits per heavy atom. The minimum absolute atomic E-state index is 0.0232. The van der Waals surface area contributed by atoms with Gasteiger partial charge in [0.2, 0.25) is 0 Å². The van der Waals surface area contributed by atoms with Crippen molar-refractivity contribution in [1.82, 2.24) is 9.88 Å². The number of carboxylic acids is 1. The molecule has 0 fully saturated rings. The lowest BCUT2D eigenvalue weighted by Crippen LogP contribution is -2.36. The van der Waals surface area contributed by atoms with Crippen LogP contribution in [0.4, 0.5) is 14.9 Å². The minimum atomic E-state index is -1.26. The second kappa shape index (κ2) is 9.34. The maximum Gasteiger partial charge on any atom is 0.319 e. The van der Waals surface area contributed by atoms with Crippen LogP contribution in [0.25, 0.3) is 11.1 Å². The van der Waals surface area contributed by atoms with E-state index in [4.69, 9.17) is 0 Å². The van der Waals surface area contributed by atoms with Gasteiger partial charge in [-0.15, -0.1) is 0 Å². The average Bonchev–Trinajstić information content (AvgIpc) is 2.75. The Kier molecular flexibility index (Phi) is 6.58. The third-order valence-electron chi connectivity index (χ3n) is 5.06. The van der Waals surface area contributed by atoms with Gasteiger partial charge in [0.05, 0.1) is 12.5 Å². The van der Waals surface area contributed by atoms with Crippen molar-refractivity contribution in [3.05, 3.63) is 82.0 Å². The first-order chi connectivity index (χ1) is 15.2. The van der Waals surface area contributed by atoms with Crippen LogP contribution in [0.1, 0.15) is 23.7 Å². The maximum absolute atomic E-state index is 15.3. The molecule has 0 aliphatic rings. The first kappa shape index (κ1) is 22.5. The lowest BCUT2D eigenvalue weighted by atomic mass is 9.97. The lowest BCUT2D eigenvalue weighted by molar-refractivity contribution is -0.137. The summed E-state index contributed by atoms with van der Waals surface area (Å²) in [6.45, 7) is 1.61. The van der Waals surface area contributed by atoms with Gasteiger partial charge in [0.25, 0.3) is 5.56 Å². The third kappa shape index (κ3) is 4.77. The maximum atomic E-state index is 15.3. The Bertz CT molecular complexity index is 1220. The first-order valence-corrected chi connectivity index (χ1v) is 9.71. The fourth-order valence-electron chi connectivity index (χ4n) is 3.30. The quantitative estimate of drug-likeness (QED) is 0.468. The molecule has 1 aromatic heterocycles. The second-order valence-corrected chi connectivity index (χ2v) is 7.23. The van der Waals surface area contributed by atoms with Gasteiger partial charge in [-0.3, -0.25) is 9.59 Å². The summed E-state index contributed by atoms with van der Waals surface area (Å²) >= 11 is 0. The fourth-order valence-corrected chi connectivity index (χ4v) is 3.30. The number of carbonyl (C=O) groups is 2. The van der Waals surface area contributed by atoms with Crippen LogP contribution in [0.15, 0.2) is 59.4 Å². The van der Waals surface area contributed by atoms with E-state index in [0.717, 1.165) is 0 Å². The summed E-state index contributed by atoms with van der Waals surface area (Å²) in [4.78, 5) is 36.3. The number of hydrogen-bond donors (Lipinski definition) is 4. The molecular formula is C23H22FN3O5. The molecule has 0 saturated heterocycles. The van der Waals surface area contributed by atoms with Gasteiger partial charge in [0, 0.05) is 29.9 Å². The predicted octanol–water partition coefficient (Wildman–Crippen LogP) is 3.54. The Labute approximate surface area is 183 Å². The van der Waals surface area contributed by atoms with Crippen molar-refractivity contribution in [2.24, 2.45) is 7.05 Å². The molecule has 9 heteroatoms. The van der Waals surface area contributed by atoms with Crippen LogP contribution in [-0.4, -0.2) is 26.8 Å². The summed E-state index contributed by atoms with van der Waals surface area (Å²) in [6.07, 6.45) is -0.597. The van der Waals surface area contributed by atoms with E-state index in [0.29, 0.717) is 11.3 Å². The van der Waals surface area contributed by atoms with Crippen LogP contribution in [0, 0.1) is 12.7 Å². The smallest absolute Gasteiger partial charge is 0.319 e. The molecule has 2 amide bonds. The summed E-state index contributed by atoms with van der Waals surface area (Å²) in [5.41, 5.74) is 0.281. The highest BCUT2D eigenvalue weighted by Gasteiger charge is 2.24. The summed E-state index contributed by atoms with van der Waals surface area (Å²) in [6, 6.07) is 12.3. The molecule has 0 spiro atoms. The van der Waals surface area contributed by atoms with Gasteiger partial charge in [-0.2, -0.15) is 0 Å². The molecule has 4 N–H and O–H groups in total. The molecule has 0 aliphatic carbocycles. The number of benzene rings is 2. The Morgan fingerprint density at radius 2 is 1.81 bits per heavy atom. The number of hydrogen-bond acceptors (Lipinski definition) is 4. The van der Waals surface area contributed by atoms with Crippen LogP contribution in [-0.2, 0) is 11.8 Å². The zero-order valence-electron chi connectivity index (χ0n) is 17.4. The molecule has 166 valence electrons. The van der Waals surface area contributed by atoms with Gasteiger partial charge < -0.3 is 25.4 Å². The van der Waals surface area contributed by atoms with Gasteiger partial charge in [0.1, 0.15) is 11.6 Å². The van der Waals surface area contributed by atoms with E-state index in [9.17, 15) is 24.6 Å². The topological polar surface area (TPSA) is 121 Å². The van der Waals surface area contributed by atoms with Crippen LogP contribution >= 0.6 is 0 Å². The number of aryl methyl sites for hydroxylation is 1. The number of urea groups is 1. The summed E-state index contributed by atoms with van der Waals surface area (Å²) in [5.74, 6) is -2.36. The number of nitrogens with one attached hydrogen (secondary N) is 2. The van der Waals surface area contributed by atoms with E-state index in [1.54, 1.807) is 49.4 Å². The second-order valence-electron chi connectivity index (χ2n) is 7.23. The number of carboxylic acid groups (broad SMARTS) is 1. The highest BCUT2D eigenvalue weighted by molar-refractivity contribution is 5.91. The van der Waals surface area contributed by atoms with Crippen LogP contribution < -0.4 is 16.2 Å². The molecule has 0 radical (unpaired) electrons. The monoisotopic (exact) mass is 439 g/mol. The number of halogens is 1. The number of amides is 2. The van der Waals surface area contributed by atoms with Crippen molar-refractivity contribution in [2.45, 2.75) is 19.4 Å². The largest absolute Gasteiger partial charge is 0.505 e. The number of aliphatic carboxylic acids is 1. The van der Waals surface area contributed by atoms with E-state index >= 15 is 4.39 Å². The fraction of sp³-hybridized carbons (Fsp3) is 0.174. The van der Waals surface area contributed by atoms with E-state index in [2.05, 4.69) is 10.6 Å². The summed E-state index contributed by atoms with van der Waals surface area (Å²) in [7, 11) is 1.47.